The highest BCUT2D eigenvalue weighted by Crippen LogP contribution is 2.50. The van der Waals surface area contributed by atoms with Crippen LogP contribution in [0.5, 0.6) is 0 Å². The van der Waals surface area contributed by atoms with Crippen LogP contribution >= 0.6 is 11.9 Å². The van der Waals surface area contributed by atoms with Crippen LogP contribution in [0.4, 0.5) is 0 Å². The summed E-state index contributed by atoms with van der Waals surface area (Å²) in [6.45, 7) is 10.4. The maximum absolute atomic E-state index is 5.76. The Morgan fingerprint density at radius 3 is 2.67 bits per heavy atom. The van der Waals surface area contributed by atoms with E-state index in [0.29, 0.717) is 11.3 Å². The van der Waals surface area contributed by atoms with Gasteiger partial charge in [-0.1, -0.05) is 31.7 Å². The lowest BCUT2D eigenvalue weighted by Crippen LogP contribution is -2.47. The molecule has 1 fully saturated rings. The van der Waals surface area contributed by atoms with Crippen molar-refractivity contribution in [1.82, 2.24) is 4.90 Å². The highest BCUT2D eigenvalue weighted by molar-refractivity contribution is 7.99. The smallest absolute Gasteiger partial charge is 0.149 e. The van der Waals surface area contributed by atoms with Crippen molar-refractivity contribution in [3.05, 3.63) is 47.2 Å². The van der Waals surface area contributed by atoms with Gasteiger partial charge in [0, 0.05) is 47.0 Å². The van der Waals surface area contributed by atoms with Gasteiger partial charge in [-0.15, -0.1) is 12.3 Å². The number of nitrogens with zero attached hydrogens (tertiary/aromatic N) is 2. The van der Waals surface area contributed by atoms with Gasteiger partial charge in [0.25, 0.3) is 0 Å². The Balaban J connectivity index is 2.24. The molecule has 0 radical (unpaired) electrons. The van der Waals surface area contributed by atoms with Crippen LogP contribution in [0.2, 0.25) is 0 Å². The van der Waals surface area contributed by atoms with E-state index in [-0.39, 0.29) is 5.92 Å². The zero-order valence-electron chi connectivity index (χ0n) is 12.8. The molecule has 3 heterocycles. The summed E-state index contributed by atoms with van der Waals surface area (Å²) in [5.41, 5.74) is 4.93. The lowest BCUT2D eigenvalue weighted by atomic mass is 9.79. The summed E-state index contributed by atoms with van der Waals surface area (Å²) in [6.07, 6.45) is 12.9. The van der Waals surface area contributed by atoms with Gasteiger partial charge in [-0.25, -0.2) is 0 Å². The van der Waals surface area contributed by atoms with Crippen molar-refractivity contribution >= 4 is 17.8 Å². The lowest BCUT2D eigenvalue weighted by Gasteiger charge is -2.44. The SMILES string of the molecule is C#CC1CC2=C(C=C)C(=C/C)/C(=C\C)C3=NSC(C1C)N32. The fraction of sp³-hybridized carbons (Fsp3) is 0.389. The molecule has 0 saturated carbocycles. The molecule has 3 aliphatic heterocycles. The molecule has 0 amide bonds. The number of hydrogen-bond acceptors (Lipinski definition) is 3. The van der Waals surface area contributed by atoms with Gasteiger partial charge in [-0.05, 0) is 19.4 Å². The quantitative estimate of drug-likeness (QED) is 0.529. The molecule has 0 aliphatic carbocycles. The van der Waals surface area contributed by atoms with Crippen LogP contribution in [0, 0.1) is 24.2 Å². The molecule has 0 spiro atoms. The molecular formula is C18H20N2S. The molecule has 3 heteroatoms. The van der Waals surface area contributed by atoms with Crippen LogP contribution in [0.15, 0.2) is 51.6 Å². The van der Waals surface area contributed by atoms with Crippen molar-refractivity contribution < 1.29 is 0 Å². The molecule has 3 aliphatic rings. The van der Waals surface area contributed by atoms with Crippen molar-refractivity contribution in [2.75, 3.05) is 0 Å². The van der Waals surface area contributed by atoms with Gasteiger partial charge < -0.3 is 4.90 Å². The van der Waals surface area contributed by atoms with E-state index >= 15 is 0 Å². The number of rotatable bonds is 1. The third-order valence-corrected chi connectivity index (χ3v) is 5.78. The molecule has 3 atom stereocenters. The van der Waals surface area contributed by atoms with Crippen LogP contribution in [0.3, 0.4) is 0 Å². The first-order valence-corrected chi connectivity index (χ1v) is 8.20. The van der Waals surface area contributed by atoms with E-state index < -0.39 is 0 Å². The zero-order valence-corrected chi connectivity index (χ0v) is 13.6. The lowest BCUT2D eigenvalue weighted by molar-refractivity contribution is 0.254. The van der Waals surface area contributed by atoms with Gasteiger partial charge in [0.1, 0.15) is 11.2 Å². The van der Waals surface area contributed by atoms with Crippen molar-refractivity contribution in [3.8, 4) is 12.3 Å². The molecule has 0 aromatic carbocycles. The van der Waals surface area contributed by atoms with Crippen molar-refractivity contribution in [2.45, 2.75) is 32.6 Å². The topological polar surface area (TPSA) is 15.6 Å². The molecule has 0 aromatic heterocycles. The summed E-state index contributed by atoms with van der Waals surface area (Å²) in [4.78, 5) is 2.39. The summed E-state index contributed by atoms with van der Waals surface area (Å²) >= 11 is 1.66. The Morgan fingerprint density at radius 2 is 2.10 bits per heavy atom. The number of terminal acetylenes is 1. The Morgan fingerprint density at radius 1 is 1.38 bits per heavy atom. The molecule has 108 valence electrons. The molecule has 2 nitrogen and oxygen atoms in total. The van der Waals surface area contributed by atoms with E-state index in [9.17, 15) is 0 Å². The van der Waals surface area contributed by atoms with Gasteiger partial charge in [0.05, 0.1) is 0 Å². The largest absolute Gasteiger partial charge is 0.314 e. The molecule has 0 bridgehead atoms. The van der Waals surface area contributed by atoms with Gasteiger partial charge >= 0.3 is 0 Å². The summed E-state index contributed by atoms with van der Waals surface area (Å²) in [7, 11) is 0. The second-order valence-electron chi connectivity index (χ2n) is 5.59. The number of amidine groups is 1. The monoisotopic (exact) mass is 296 g/mol. The number of allylic oxidation sites excluding steroid dienone is 5. The molecule has 3 unspecified atom stereocenters. The highest BCUT2D eigenvalue weighted by atomic mass is 32.2. The Kier molecular flexibility index (Phi) is 3.59. The predicted molar refractivity (Wildman–Crippen MR) is 91.5 cm³/mol. The van der Waals surface area contributed by atoms with Crippen molar-refractivity contribution in [2.24, 2.45) is 16.2 Å². The Labute approximate surface area is 131 Å². The Hall–Kier alpha value is -1.66. The molecular weight excluding hydrogens is 276 g/mol. The minimum atomic E-state index is 0.267. The summed E-state index contributed by atoms with van der Waals surface area (Å²) in [6, 6.07) is 0. The average Bonchev–Trinajstić information content (AvgIpc) is 2.95. The van der Waals surface area contributed by atoms with E-state index in [2.05, 4.69) is 50.3 Å². The van der Waals surface area contributed by atoms with Crippen LogP contribution in [-0.4, -0.2) is 16.1 Å². The number of piperidine rings is 1. The zero-order chi connectivity index (χ0) is 15.1. The van der Waals surface area contributed by atoms with Crippen molar-refractivity contribution in [3.63, 3.8) is 0 Å². The third-order valence-electron chi connectivity index (χ3n) is 4.65. The van der Waals surface area contributed by atoms with Gasteiger partial charge in [0.2, 0.25) is 0 Å². The molecule has 21 heavy (non-hydrogen) atoms. The van der Waals surface area contributed by atoms with Gasteiger partial charge in [-0.2, -0.15) is 4.40 Å². The van der Waals surface area contributed by atoms with E-state index in [1.54, 1.807) is 11.9 Å². The molecule has 0 aromatic rings. The first-order valence-electron chi connectivity index (χ1n) is 7.36. The Bertz CT molecular complexity index is 657. The maximum atomic E-state index is 5.76. The highest BCUT2D eigenvalue weighted by Gasteiger charge is 2.47. The second-order valence-corrected chi connectivity index (χ2v) is 6.46. The fourth-order valence-corrected chi connectivity index (χ4v) is 4.59. The van der Waals surface area contributed by atoms with Crippen LogP contribution in [-0.2, 0) is 0 Å². The summed E-state index contributed by atoms with van der Waals surface area (Å²) in [5.74, 6) is 4.76. The summed E-state index contributed by atoms with van der Waals surface area (Å²) < 4.78 is 4.75. The standard InChI is InChI=1S/C18H20N2S/c1-6-12-10-16-14(8-3)13(7-2)15(9-4)17-19-21-18(11(12)5)20(16)17/h1,7-9,11-12,18H,3,10H2,2,4-5H3/b13-7-,15-9+. The average molecular weight is 296 g/mol. The maximum Gasteiger partial charge on any atom is 0.149 e. The van der Waals surface area contributed by atoms with Crippen LogP contribution in [0.25, 0.3) is 0 Å². The fourth-order valence-electron chi connectivity index (χ4n) is 3.49. The normalized spacial score (nSPS) is 34.9. The van der Waals surface area contributed by atoms with Gasteiger partial charge in [-0.3, -0.25) is 0 Å². The van der Waals surface area contributed by atoms with E-state index in [4.69, 9.17) is 10.8 Å². The molecule has 1 saturated heterocycles. The first kappa shape index (κ1) is 14.3. The van der Waals surface area contributed by atoms with E-state index in [1.807, 2.05) is 6.08 Å². The van der Waals surface area contributed by atoms with Crippen LogP contribution in [0.1, 0.15) is 27.2 Å². The first-order chi connectivity index (χ1) is 10.2. The summed E-state index contributed by atoms with van der Waals surface area (Å²) in [5, 5.41) is 0.313. The third kappa shape index (κ3) is 1.86. The van der Waals surface area contributed by atoms with Crippen LogP contribution < -0.4 is 0 Å². The van der Waals surface area contributed by atoms with Gasteiger partial charge in [0.15, 0.2) is 0 Å². The molecule has 3 rings (SSSR count). The minimum absolute atomic E-state index is 0.267. The van der Waals surface area contributed by atoms with E-state index in [0.717, 1.165) is 12.3 Å². The molecule has 0 N–H and O–H groups in total. The van der Waals surface area contributed by atoms with E-state index in [1.165, 1.54) is 22.4 Å². The second kappa shape index (κ2) is 5.27. The number of hydrogen-bond donors (Lipinski definition) is 0. The predicted octanol–water partition coefficient (Wildman–Crippen LogP) is 4.31. The van der Waals surface area contributed by atoms with Crippen molar-refractivity contribution in [1.29, 1.82) is 0 Å². The minimum Gasteiger partial charge on any atom is -0.314 e.